The number of nitrogens with one attached hydrogen (secondary N) is 1. The summed E-state index contributed by atoms with van der Waals surface area (Å²) in [5.41, 5.74) is -0.567. The van der Waals surface area contributed by atoms with E-state index in [-0.39, 0.29) is 17.2 Å². The highest BCUT2D eigenvalue weighted by molar-refractivity contribution is 5.94. The van der Waals surface area contributed by atoms with Crippen LogP contribution in [0.3, 0.4) is 0 Å². The minimum Gasteiger partial charge on any atom is -0.465 e. The molecule has 0 spiro atoms. The fraction of sp³-hybridized carbons (Fsp3) is 0.0556. The molecule has 0 bridgehead atoms. The van der Waals surface area contributed by atoms with Crippen molar-refractivity contribution in [2.45, 2.75) is 6.18 Å². The van der Waals surface area contributed by atoms with E-state index in [2.05, 4.69) is 5.32 Å². The van der Waals surface area contributed by atoms with Crippen LogP contribution >= 0.6 is 0 Å². The molecular weight excluding hydrogens is 335 g/mol. The molecule has 0 aromatic heterocycles. The summed E-state index contributed by atoms with van der Waals surface area (Å²) in [6, 6.07) is 14.6. The highest BCUT2D eigenvalue weighted by atomic mass is 19.4. The molecule has 1 amide bonds. The van der Waals surface area contributed by atoms with Gasteiger partial charge in [-0.25, -0.2) is 4.79 Å². The third-order valence-corrected chi connectivity index (χ3v) is 3.46. The Bertz CT molecular complexity index is 938. The average molecular weight is 347 g/mol. The van der Waals surface area contributed by atoms with E-state index >= 15 is 0 Å². The van der Waals surface area contributed by atoms with Gasteiger partial charge < -0.3 is 9.84 Å². The molecule has 0 atom stereocenters. The van der Waals surface area contributed by atoms with Gasteiger partial charge >= 0.3 is 12.3 Å². The summed E-state index contributed by atoms with van der Waals surface area (Å²) in [6.07, 6.45) is -5.73. The first kappa shape index (κ1) is 16.6. The standard InChI is InChI=1S/C18H12F3NO3/c19-18(20,21)12-5-3-6-14(9-12)25-16-10-13(22-17(23)24)8-11-4-1-2-7-15(11)16/h1-10,22H,(H,23,24). The molecule has 0 aliphatic heterocycles. The molecule has 7 heteroatoms. The lowest BCUT2D eigenvalue weighted by Crippen LogP contribution is -2.07. The van der Waals surface area contributed by atoms with Crippen molar-refractivity contribution in [2.75, 3.05) is 5.32 Å². The van der Waals surface area contributed by atoms with Crippen LogP contribution < -0.4 is 10.1 Å². The number of benzene rings is 3. The summed E-state index contributed by atoms with van der Waals surface area (Å²) >= 11 is 0. The Hall–Kier alpha value is -3.22. The Kier molecular flexibility index (Phi) is 4.22. The second-order valence-corrected chi connectivity index (χ2v) is 5.25. The summed E-state index contributed by atoms with van der Waals surface area (Å²) in [4.78, 5) is 10.9. The molecule has 3 rings (SSSR count). The molecule has 0 aliphatic carbocycles. The summed E-state index contributed by atoms with van der Waals surface area (Å²) in [6.45, 7) is 0. The Labute approximate surface area is 140 Å². The van der Waals surface area contributed by atoms with Crippen LogP contribution in [0.15, 0.2) is 60.7 Å². The van der Waals surface area contributed by atoms with Gasteiger partial charge in [0.05, 0.1) is 5.56 Å². The molecular formula is C18H12F3NO3. The number of fused-ring (bicyclic) bond motifs is 1. The van der Waals surface area contributed by atoms with Crippen molar-refractivity contribution in [1.82, 2.24) is 0 Å². The minimum absolute atomic E-state index is 0.00690. The van der Waals surface area contributed by atoms with Crippen LogP contribution in [0.1, 0.15) is 5.56 Å². The molecule has 0 saturated carbocycles. The van der Waals surface area contributed by atoms with Gasteiger partial charge in [0.2, 0.25) is 0 Å². The molecule has 3 aromatic carbocycles. The maximum atomic E-state index is 12.8. The maximum Gasteiger partial charge on any atom is 0.416 e. The van der Waals surface area contributed by atoms with Crippen LogP contribution in [-0.4, -0.2) is 11.2 Å². The van der Waals surface area contributed by atoms with Crippen molar-refractivity contribution >= 4 is 22.6 Å². The second-order valence-electron chi connectivity index (χ2n) is 5.25. The first-order chi connectivity index (χ1) is 11.8. The fourth-order valence-electron chi connectivity index (χ4n) is 2.42. The van der Waals surface area contributed by atoms with Gasteiger partial charge in [-0.1, -0.05) is 30.3 Å². The van der Waals surface area contributed by atoms with E-state index in [1.165, 1.54) is 18.2 Å². The smallest absolute Gasteiger partial charge is 0.416 e. The molecule has 0 fully saturated rings. The Morgan fingerprint density at radius 2 is 1.76 bits per heavy atom. The van der Waals surface area contributed by atoms with Crippen molar-refractivity contribution in [3.05, 3.63) is 66.2 Å². The summed E-state index contributed by atoms with van der Waals surface area (Å²) in [5, 5.41) is 12.4. The number of hydrogen-bond donors (Lipinski definition) is 2. The number of anilines is 1. The number of carbonyl (C=O) groups is 1. The van der Waals surface area contributed by atoms with Gasteiger partial charge in [-0.3, -0.25) is 5.32 Å². The predicted molar refractivity (Wildman–Crippen MR) is 87.1 cm³/mol. The molecule has 4 nitrogen and oxygen atoms in total. The van der Waals surface area contributed by atoms with E-state index in [1.807, 2.05) is 0 Å². The van der Waals surface area contributed by atoms with Crippen LogP contribution in [0.5, 0.6) is 11.5 Å². The van der Waals surface area contributed by atoms with E-state index in [9.17, 15) is 18.0 Å². The molecule has 0 saturated heterocycles. The van der Waals surface area contributed by atoms with Gasteiger partial charge in [0.25, 0.3) is 0 Å². The molecule has 25 heavy (non-hydrogen) atoms. The predicted octanol–water partition coefficient (Wildman–Crippen LogP) is 5.74. The van der Waals surface area contributed by atoms with Crippen LogP contribution in [0.4, 0.5) is 23.7 Å². The Balaban J connectivity index is 2.04. The Morgan fingerprint density at radius 3 is 2.48 bits per heavy atom. The van der Waals surface area contributed by atoms with Gasteiger partial charge in [0.1, 0.15) is 11.5 Å². The topological polar surface area (TPSA) is 58.6 Å². The highest BCUT2D eigenvalue weighted by Gasteiger charge is 2.30. The number of rotatable bonds is 3. The normalized spacial score (nSPS) is 11.3. The molecule has 0 radical (unpaired) electrons. The van der Waals surface area contributed by atoms with Gasteiger partial charge in [0.15, 0.2) is 0 Å². The number of ether oxygens (including phenoxy) is 1. The van der Waals surface area contributed by atoms with Crippen molar-refractivity contribution in [3.8, 4) is 11.5 Å². The number of amides is 1. The van der Waals surface area contributed by atoms with Gasteiger partial charge in [-0.15, -0.1) is 0 Å². The van der Waals surface area contributed by atoms with Crippen LogP contribution in [0.25, 0.3) is 10.8 Å². The zero-order valence-corrected chi connectivity index (χ0v) is 12.7. The van der Waals surface area contributed by atoms with Crippen LogP contribution in [0, 0.1) is 0 Å². The van der Waals surface area contributed by atoms with E-state index in [1.54, 1.807) is 30.3 Å². The van der Waals surface area contributed by atoms with Crippen molar-refractivity contribution in [2.24, 2.45) is 0 Å². The molecule has 2 N–H and O–H groups in total. The third kappa shape index (κ3) is 3.82. The van der Waals surface area contributed by atoms with Crippen molar-refractivity contribution in [1.29, 1.82) is 0 Å². The zero-order valence-electron chi connectivity index (χ0n) is 12.7. The molecule has 128 valence electrons. The Morgan fingerprint density at radius 1 is 1.00 bits per heavy atom. The second kappa shape index (κ2) is 6.35. The van der Waals surface area contributed by atoms with E-state index in [0.29, 0.717) is 10.8 Å². The lowest BCUT2D eigenvalue weighted by atomic mass is 10.1. The van der Waals surface area contributed by atoms with Gasteiger partial charge in [-0.05, 0) is 29.7 Å². The van der Waals surface area contributed by atoms with E-state index in [0.717, 1.165) is 12.1 Å². The fourth-order valence-corrected chi connectivity index (χ4v) is 2.42. The number of carboxylic acid groups (broad SMARTS) is 1. The van der Waals surface area contributed by atoms with Gasteiger partial charge in [-0.2, -0.15) is 13.2 Å². The van der Waals surface area contributed by atoms with E-state index in [4.69, 9.17) is 9.84 Å². The lowest BCUT2D eigenvalue weighted by molar-refractivity contribution is -0.137. The SMILES string of the molecule is O=C(O)Nc1cc(Oc2cccc(C(F)(F)F)c2)c2ccccc2c1. The van der Waals surface area contributed by atoms with Crippen LogP contribution in [-0.2, 0) is 6.18 Å². The first-order valence-corrected chi connectivity index (χ1v) is 7.21. The molecule has 0 aliphatic rings. The molecule has 0 unspecified atom stereocenters. The summed E-state index contributed by atoms with van der Waals surface area (Å²) < 4.78 is 44.1. The first-order valence-electron chi connectivity index (χ1n) is 7.21. The number of halogens is 3. The van der Waals surface area contributed by atoms with Crippen molar-refractivity contribution < 1.29 is 27.8 Å². The monoisotopic (exact) mass is 347 g/mol. The van der Waals surface area contributed by atoms with Crippen LogP contribution in [0.2, 0.25) is 0 Å². The summed E-state index contributed by atoms with van der Waals surface area (Å²) in [5.74, 6) is 0.258. The number of alkyl halides is 3. The quantitative estimate of drug-likeness (QED) is 0.635. The summed E-state index contributed by atoms with van der Waals surface area (Å²) in [7, 11) is 0. The molecule has 3 aromatic rings. The average Bonchev–Trinajstić information content (AvgIpc) is 2.54. The molecule has 0 heterocycles. The van der Waals surface area contributed by atoms with Gasteiger partial charge in [0, 0.05) is 17.1 Å². The maximum absolute atomic E-state index is 12.8. The number of hydrogen-bond acceptors (Lipinski definition) is 2. The van der Waals surface area contributed by atoms with Crippen molar-refractivity contribution in [3.63, 3.8) is 0 Å². The lowest BCUT2D eigenvalue weighted by Gasteiger charge is -2.13. The zero-order chi connectivity index (χ0) is 18.0. The third-order valence-electron chi connectivity index (χ3n) is 3.46. The minimum atomic E-state index is -4.48. The largest absolute Gasteiger partial charge is 0.465 e. The van der Waals surface area contributed by atoms with E-state index < -0.39 is 17.8 Å². The highest BCUT2D eigenvalue weighted by Crippen LogP contribution is 2.36.